The zero-order valence-electron chi connectivity index (χ0n) is 13.5. The largest absolute Gasteiger partial charge is 0.285 e. The molecule has 4 nitrogen and oxygen atoms in total. The number of amides is 2. The third-order valence-electron chi connectivity index (χ3n) is 3.57. The molecule has 0 unspecified atom stereocenters. The molecule has 0 saturated carbocycles. The van der Waals surface area contributed by atoms with E-state index in [1.165, 1.54) is 12.1 Å². The summed E-state index contributed by atoms with van der Waals surface area (Å²) >= 11 is 12.2. The van der Waals surface area contributed by atoms with Gasteiger partial charge < -0.3 is 0 Å². The second-order valence-electron chi connectivity index (χ2n) is 5.46. The number of thioether (sulfide) groups is 1. The van der Waals surface area contributed by atoms with Crippen molar-refractivity contribution >= 4 is 57.8 Å². The van der Waals surface area contributed by atoms with Crippen LogP contribution in [0.25, 0.3) is 6.08 Å². The Bertz CT molecular complexity index is 962. The van der Waals surface area contributed by atoms with Gasteiger partial charge in [0.05, 0.1) is 15.5 Å². The van der Waals surface area contributed by atoms with Crippen molar-refractivity contribution in [3.8, 4) is 0 Å². The molecule has 0 aromatic heterocycles. The zero-order valence-corrected chi connectivity index (χ0v) is 15.8. The molecule has 1 N–H and O–H groups in total. The van der Waals surface area contributed by atoms with E-state index in [1.807, 2.05) is 6.92 Å². The van der Waals surface area contributed by atoms with Crippen LogP contribution < -0.4 is 5.43 Å². The van der Waals surface area contributed by atoms with E-state index in [2.05, 4.69) is 5.43 Å². The quantitative estimate of drug-likeness (QED) is 0.608. The lowest BCUT2D eigenvalue weighted by Crippen LogP contribution is -2.44. The maximum Gasteiger partial charge on any atom is 0.285 e. The van der Waals surface area contributed by atoms with Crippen LogP contribution in [0.2, 0.25) is 5.02 Å². The molecule has 0 bridgehead atoms. The molecule has 1 fully saturated rings. The smallest absolute Gasteiger partial charge is 0.267 e. The average molecular weight is 407 g/mol. The van der Waals surface area contributed by atoms with Crippen molar-refractivity contribution in [3.63, 3.8) is 0 Å². The van der Waals surface area contributed by atoms with Crippen LogP contribution in [0.4, 0.5) is 4.39 Å². The fourth-order valence-corrected chi connectivity index (χ4v) is 3.75. The number of carbonyl (C=O) groups is 2. The number of halogens is 2. The van der Waals surface area contributed by atoms with Crippen LogP contribution in [0.3, 0.4) is 0 Å². The summed E-state index contributed by atoms with van der Waals surface area (Å²) in [7, 11) is 0. The molecule has 8 heteroatoms. The normalized spacial score (nSPS) is 15.7. The van der Waals surface area contributed by atoms with Crippen LogP contribution in [0.1, 0.15) is 21.5 Å². The predicted octanol–water partition coefficient (Wildman–Crippen LogP) is 4.33. The van der Waals surface area contributed by atoms with Gasteiger partial charge in [-0.1, -0.05) is 47.6 Å². The predicted molar refractivity (Wildman–Crippen MR) is 105 cm³/mol. The molecule has 26 heavy (non-hydrogen) atoms. The Labute approximate surface area is 164 Å². The average Bonchev–Trinajstić information content (AvgIpc) is 2.84. The summed E-state index contributed by atoms with van der Waals surface area (Å²) in [6.07, 6.45) is 1.40. The van der Waals surface area contributed by atoms with Gasteiger partial charge in [0, 0.05) is 5.56 Å². The summed E-state index contributed by atoms with van der Waals surface area (Å²) < 4.78 is 13.9. The number of thiocarbonyl (C=S) groups is 1. The Morgan fingerprint density at radius 1 is 1.31 bits per heavy atom. The number of rotatable bonds is 3. The van der Waals surface area contributed by atoms with Gasteiger partial charge in [0.25, 0.3) is 11.8 Å². The minimum absolute atomic E-state index is 0.147. The number of hydrogen-bond acceptors (Lipinski definition) is 4. The van der Waals surface area contributed by atoms with Crippen LogP contribution in [-0.4, -0.2) is 21.1 Å². The number of aryl methyl sites for hydroxylation is 1. The molecule has 1 aliphatic rings. The van der Waals surface area contributed by atoms with Gasteiger partial charge in [-0.05, 0) is 49.0 Å². The standard InChI is InChI=1S/C18H12ClFN2O2S2/c1-10-6-7-12(13(19)8-10)16(23)21-22-17(24)15(26-18(22)25)9-11-4-2-3-5-14(11)20/h2-9H,1H3,(H,21,23)/b15-9+. The highest BCUT2D eigenvalue weighted by molar-refractivity contribution is 8.26. The van der Waals surface area contributed by atoms with Gasteiger partial charge in [-0.2, -0.15) is 5.01 Å². The lowest BCUT2D eigenvalue weighted by molar-refractivity contribution is -0.123. The maximum absolute atomic E-state index is 13.8. The highest BCUT2D eigenvalue weighted by Gasteiger charge is 2.34. The van der Waals surface area contributed by atoms with Crippen molar-refractivity contribution in [2.75, 3.05) is 0 Å². The summed E-state index contributed by atoms with van der Waals surface area (Å²) in [5.41, 5.74) is 3.85. The Morgan fingerprint density at radius 3 is 2.73 bits per heavy atom. The van der Waals surface area contributed by atoms with E-state index >= 15 is 0 Å². The first-order chi connectivity index (χ1) is 12.4. The van der Waals surface area contributed by atoms with Crippen LogP contribution in [0.5, 0.6) is 0 Å². The lowest BCUT2D eigenvalue weighted by atomic mass is 10.1. The Hall–Kier alpha value is -2.22. The number of nitrogens with zero attached hydrogens (tertiary/aromatic N) is 1. The van der Waals surface area contributed by atoms with E-state index in [0.29, 0.717) is 0 Å². The van der Waals surface area contributed by atoms with Crippen molar-refractivity contribution < 1.29 is 14.0 Å². The number of hydrogen-bond donors (Lipinski definition) is 1. The van der Waals surface area contributed by atoms with E-state index in [-0.39, 0.29) is 25.4 Å². The minimum atomic E-state index is -0.557. The Kier molecular flexibility index (Phi) is 5.41. The SMILES string of the molecule is Cc1ccc(C(=O)NN2C(=O)/C(=C\c3ccccc3F)SC2=S)c(Cl)c1. The summed E-state index contributed by atoms with van der Waals surface area (Å²) in [4.78, 5) is 25.1. The first-order valence-electron chi connectivity index (χ1n) is 7.46. The number of nitrogens with one attached hydrogen (secondary N) is 1. The molecule has 0 spiro atoms. The van der Waals surface area contributed by atoms with Crippen LogP contribution in [0, 0.1) is 12.7 Å². The third kappa shape index (κ3) is 3.80. The molecule has 2 aromatic carbocycles. The van der Waals surface area contributed by atoms with Crippen molar-refractivity contribution in [3.05, 3.63) is 74.9 Å². The molecule has 2 aromatic rings. The van der Waals surface area contributed by atoms with Crippen LogP contribution in [-0.2, 0) is 4.79 Å². The van der Waals surface area contributed by atoms with Gasteiger partial charge in [-0.15, -0.1) is 0 Å². The maximum atomic E-state index is 13.8. The molecule has 1 aliphatic heterocycles. The molecule has 2 amide bonds. The van der Waals surface area contributed by atoms with Crippen molar-refractivity contribution in [1.29, 1.82) is 0 Å². The molecule has 0 radical (unpaired) electrons. The van der Waals surface area contributed by atoms with Gasteiger partial charge in [0.1, 0.15) is 5.82 Å². The van der Waals surface area contributed by atoms with Crippen molar-refractivity contribution in [1.82, 2.24) is 10.4 Å². The first kappa shape index (κ1) is 18.6. The van der Waals surface area contributed by atoms with E-state index in [9.17, 15) is 14.0 Å². The number of hydrazine groups is 1. The molecular formula is C18H12ClFN2O2S2. The number of benzene rings is 2. The minimum Gasteiger partial charge on any atom is -0.267 e. The Morgan fingerprint density at radius 2 is 2.04 bits per heavy atom. The van der Waals surface area contributed by atoms with E-state index in [1.54, 1.807) is 36.4 Å². The van der Waals surface area contributed by atoms with Crippen LogP contribution >= 0.6 is 35.6 Å². The Balaban J connectivity index is 1.81. The number of carbonyl (C=O) groups excluding carboxylic acids is 2. The zero-order chi connectivity index (χ0) is 18.8. The second-order valence-corrected chi connectivity index (χ2v) is 7.55. The molecule has 0 aliphatic carbocycles. The van der Waals surface area contributed by atoms with Crippen molar-refractivity contribution in [2.24, 2.45) is 0 Å². The summed E-state index contributed by atoms with van der Waals surface area (Å²) in [5, 5.41) is 1.24. The molecule has 0 atom stereocenters. The highest BCUT2D eigenvalue weighted by atomic mass is 35.5. The molecule has 1 heterocycles. The molecule has 1 saturated heterocycles. The molecule has 3 rings (SSSR count). The van der Waals surface area contributed by atoms with E-state index < -0.39 is 17.6 Å². The van der Waals surface area contributed by atoms with Gasteiger partial charge in [-0.3, -0.25) is 15.0 Å². The van der Waals surface area contributed by atoms with Gasteiger partial charge in [0.15, 0.2) is 4.32 Å². The first-order valence-corrected chi connectivity index (χ1v) is 9.06. The van der Waals surface area contributed by atoms with Gasteiger partial charge >= 0.3 is 0 Å². The fraction of sp³-hybridized carbons (Fsp3) is 0.0556. The second kappa shape index (κ2) is 7.57. The van der Waals surface area contributed by atoms with Gasteiger partial charge in [-0.25, -0.2) is 4.39 Å². The highest BCUT2D eigenvalue weighted by Crippen LogP contribution is 2.32. The van der Waals surface area contributed by atoms with Crippen LogP contribution in [0.15, 0.2) is 47.4 Å². The lowest BCUT2D eigenvalue weighted by Gasteiger charge is -2.16. The van der Waals surface area contributed by atoms with E-state index in [4.69, 9.17) is 23.8 Å². The monoisotopic (exact) mass is 406 g/mol. The fourth-order valence-electron chi connectivity index (χ4n) is 2.26. The van der Waals surface area contributed by atoms with Gasteiger partial charge in [0.2, 0.25) is 0 Å². The summed E-state index contributed by atoms with van der Waals surface area (Å²) in [5.74, 6) is -1.54. The third-order valence-corrected chi connectivity index (χ3v) is 5.18. The van der Waals surface area contributed by atoms with Crippen molar-refractivity contribution in [2.45, 2.75) is 6.92 Å². The summed E-state index contributed by atoms with van der Waals surface area (Å²) in [6.45, 7) is 1.85. The topological polar surface area (TPSA) is 49.4 Å². The van der Waals surface area contributed by atoms with E-state index in [0.717, 1.165) is 22.3 Å². The molecular weight excluding hydrogens is 395 g/mol. The summed E-state index contributed by atoms with van der Waals surface area (Å²) in [6, 6.07) is 11.0. The molecule has 132 valence electrons.